The highest BCUT2D eigenvalue weighted by molar-refractivity contribution is 5.78. The zero-order valence-corrected chi connectivity index (χ0v) is 9.36. The van der Waals surface area contributed by atoms with Gasteiger partial charge in [-0.15, -0.1) is 0 Å². The predicted molar refractivity (Wildman–Crippen MR) is 56.7 cm³/mol. The van der Waals surface area contributed by atoms with Gasteiger partial charge in [-0.2, -0.15) is 0 Å². The third-order valence-electron chi connectivity index (χ3n) is 2.20. The van der Waals surface area contributed by atoms with Crippen LogP contribution in [0.15, 0.2) is 0 Å². The quantitative estimate of drug-likeness (QED) is 0.640. The zero-order valence-electron chi connectivity index (χ0n) is 9.36. The smallest absolute Gasteiger partial charge is 0.226 e. The van der Waals surface area contributed by atoms with Gasteiger partial charge in [-0.05, 0) is 12.3 Å². The van der Waals surface area contributed by atoms with E-state index in [0.717, 1.165) is 6.42 Å². The Morgan fingerprint density at radius 1 is 1.50 bits per heavy atom. The fourth-order valence-corrected chi connectivity index (χ4v) is 1.44. The van der Waals surface area contributed by atoms with Gasteiger partial charge in [-0.3, -0.25) is 4.79 Å². The molecule has 0 aliphatic rings. The molecule has 14 heavy (non-hydrogen) atoms. The molecule has 3 N–H and O–H groups in total. The third kappa shape index (κ3) is 4.58. The molecule has 0 radical (unpaired) electrons. The van der Waals surface area contributed by atoms with Gasteiger partial charge < -0.3 is 15.7 Å². The molecule has 1 atom stereocenters. The molecule has 0 fully saturated rings. The second-order valence-corrected chi connectivity index (χ2v) is 4.05. The van der Waals surface area contributed by atoms with Crippen molar-refractivity contribution in [1.29, 1.82) is 0 Å². The summed E-state index contributed by atoms with van der Waals surface area (Å²) in [5.41, 5.74) is 5.55. The van der Waals surface area contributed by atoms with Crippen molar-refractivity contribution >= 4 is 5.91 Å². The number of likely N-dealkylation sites (N-methyl/N-ethyl adjacent to an activating group) is 1. The van der Waals surface area contributed by atoms with Gasteiger partial charge in [0.15, 0.2) is 0 Å². The van der Waals surface area contributed by atoms with Crippen LogP contribution < -0.4 is 5.73 Å². The maximum absolute atomic E-state index is 11.7. The Morgan fingerprint density at radius 3 is 2.43 bits per heavy atom. The lowest BCUT2D eigenvalue weighted by atomic mass is 9.96. The van der Waals surface area contributed by atoms with Gasteiger partial charge in [0.05, 0.1) is 12.5 Å². The Balaban J connectivity index is 4.15. The summed E-state index contributed by atoms with van der Waals surface area (Å²) in [4.78, 5) is 13.3. The minimum absolute atomic E-state index is 0.00120. The van der Waals surface area contributed by atoms with E-state index in [2.05, 4.69) is 13.8 Å². The Kier molecular flexibility index (Phi) is 6.49. The van der Waals surface area contributed by atoms with Crippen LogP contribution in [0.25, 0.3) is 0 Å². The van der Waals surface area contributed by atoms with Gasteiger partial charge in [0.1, 0.15) is 0 Å². The van der Waals surface area contributed by atoms with Crippen LogP contribution in [-0.4, -0.2) is 42.7 Å². The molecule has 0 aliphatic heterocycles. The molecule has 0 saturated heterocycles. The van der Waals surface area contributed by atoms with E-state index in [4.69, 9.17) is 10.8 Å². The zero-order chi connectivity index (χ0) is 11.1. The van der Waals surface area contributed by atoms with Crippen LogP contribution in [0.3, 0.4) is 0 Å². The van der Waals surface area contributed by atoms with E-state index < -0.39 is 0 Å². The molecule has 1 unspecified atom stereocenters. The predicted octanol–water partition coefficient (Wildman–Crippen LogP) is 0.0581. The van der Waals surface area contributed by atoms with Crippen molar-refractivity contribution in [3.63, 3.8) is 0 Å². The van der Waals surface area contributed by atoms with Gasteiger partial charge in [0.2, 0.25) is 5.91 Å². The summed E-state index contributed by atoms with van der Waals surface area (Å²) in [7, 11) is 1.70. The number of aliphatic hydroxyl groups is 1. The number of hydrogen-bond donors (Lipinski definition) is 2. The molecule has 0 saturated carbocycles. The van der Waals surface area contributed by atoms with Gasteiger partial charge in [-0.1, -0.05) is 13.8 Å². The Labute approximate surface area is 86.1 Å². The van der Waals surface area contributed by atoms with Crippen molar-refractivity contribution in [3.8, 4) is 0 Å². The summed E-state index contributed by atoms with van der Waals surface area (Å²) in [6.45, 7) is 4.91. The van der Waals surface area contributed by atoms with Gasteiger partial charge >= 0.3 is 0 Å². The monoisotopic (exact) mass is 202 g/mol. The topological polar surface area (TPSA) is 66.6 Å². The molecule has 0 heterocycles. The lowest BCUT2D eigenvalue weighted by Gasteiger charge is -2.23. The molecule has 0 aromatic carbocycles. The Morgan fingerprint density at radius 2 is 2.07 bits per heavy atom. The van der Waals surface area contributed by atoms with Gasteiger partial charge in [-0.25, -0.2) is 0 Å². The number of aliphatic hydroxyl groups excluding tert-OH is 1. The van der Waals surface area contributed by atoms with Crippen LogP contribution >= 0.6 is 0 Å². The first-order valence-corrected chi connectivity index (χ1v) is 5.08. The average molecular weight is 202 g/mol. The van der Waals surface area contributed by atoms with Gasteiger partial charge in [0.25, 0.3) is 0 Å². The van der Waals surface area contributed by atoms with E-state index in [0.29, 0.717) is 19.0 Å². The Bertz CT molecular complexity index is 172. The molecular formula is C10H22N2O2. The molecule has 0 aromatic rings. The summed E-state index contributed by atoms with van der Waals surface area (Å²) in [5.74, 6) is 0.400. The minimum atomic E-state index is -0.105. The summed E-state index contributed by atoms with van der Waals surface area (Å²) in [5, 5.41) is 8.70. The lowest BCUT2D eigenvalue weighted by Crippen LogP contribution is -2.38. The number of hydrogen-bond acceptors (Lipinski definition) is 3. The fourth-order valence-electron chi connectivity index (χ4n) is 1.44. The van der Waals surface area contributed by atoms with Crippen LogP contribution in [0.4, 0.5) is 0 Å². The molecular weight excluding hydrogens is 180 g/mol. The van der Waals surface area contributed by atoms with E-state index in [1.54, 1.807) is 11.9 Å². The molecule has 0 aromatic heterocycles. The van der Waals surface area contributed by atoms with Crippen molar-refractivity contribution in [3.05, 3.63) is 0 Å². The highest BCUT2D eigenvalue weighted by Crippen LogP contribution is 2.12. The number of carbonyl (C=O) groups is 1. The van der Waals surface area contributed by atoms with Crippen LogP contribution in [0.1, 0.15) is 20.3 Å². The standard InChI is InChI=1S/C10H22N2O2/c1-8(2)6-9(7-11)10(14)12(3)4-5-13/h8-9,13H,4-7,11H2,1-3H3. The van der Waals surface area contributed by atoms with E-state index >= 15 is 0 Å². The van der Waals surface area contributed by atoms with Crippen molar-refractivity contribution in [1.82, 2.24) is 4.90 Å². The second-order valence-electron chi connectivity index (χ2n) is 4.05. The molecule has 0 bridgehead atoms. The van der Waals surface area contributed by atoms with E-state index in [1.165, 1.54) is 0 Å². The first-order chi connectivity index (χ1) is 6.52. The van der Waals surface area contributed by atoms with E-state index in [9.17, 15) is 4.79 Å². The minimum Gasteiger partial charge on any atom is -0.395 e. The number of rotatable bonds is 6. The average Bonchev–Trinajstić information content (AvgIpc) is 2.13. The molecule has 4 nitrogen and oxygen atoms in total. The van der Waals surface area contributed by atoms with Crippen LogP contribution in [0.5, 0.6) is 0 Å². The largest absolute Gasteiger partial charge is 0.395 e. The summed E-state index contributed by atoms with van der Waals surface area (Å²) >= 11 is 0. The fraction of sp³-hybridized carbons (Fsp3) is 0.900. The number of amides is 1. The summed E-state index contributed by atoms with van der Waals surface area (Å²) in [6.07, 6.45) is 0.811. The second kappa shape index (κ2) is 6.79. The number of nitrogens with zero attached hydrogens (tertiary/aromatic N) is 1. The normalized spacial score (nSPS) is 13.0. The lowest BCUT2D eigenvalue weighted by molar-refractivity contribution is -0.134. The third-order valence-corrected chi connectivity index (χ3v) is 2.20. The molecule has 4 heteroatoms. The SMILES string of the molecule is CC(C)CC(CN)C(=O)N(C)CCO. The molecule has 0 aliphatic carbocycles. The first kappa shape index (κ1) is 13.4. The first-order valence-electron chi connectivity index (χ1n) is 5.08. The highest BCUT2D eigenvalue weighted by atomic mass is 16.3. The molecule has 84 valence electrons. The number of nitrogens with two attached hydrogens (primary N) is 1. The summed E-state index contributed by atoms with van der Waals surface area (Å²) in [6, 6.07) is 0. The van der Waals surface area contributed by atoms with E-state index in [1.807, 2.05) is 0 Å². The van der Waals surface area contributed by atoms with Crippen molar-refractivity contribution in [2.24, 2.45) is 17.6 Å². The van der Waals surface area contributed by atoms with Gasteiger partial charge in [0, 0.05) is 20.1 Å². The van der Waals surface area contributed by atoms with Crippen LogP contribution in [0, 0.1) is 11.8 Å². The molecule has 0 spiro atoms. The van der Waals surface area contributed by atoms with Crippen molar-refractivity contribution < 1.29 is 9.90 Å². The molecule has 1 amide bonds. The highest BCUT2D eigenvalue weighted by Gasteiger charge is 2.20. The maximum atomic E-state index is 11.7. The Hall–Kier alpha value is -0.610. The summed E-state index contributed by atoms with van der Waals surface area (Å²) < 4.78 is 0. The maximum Gasteiger partial charge on any atom is 0.226 e. The van der Waals surface area contributed by atoms with Crippen molar-refractivity contribution in [2.75, 3.05) is 26.7 Å². The molecule has 0 rings (SSSR count). The van der Waals surface area contributed by atoms with E-state index in [-0.39, 0.29) is 18.4 Å². The van der Waals surface area contributed by atoms with Crippen LogP contribution in [-0.2, 0) is 4.79 Å². The number of carbonyl (C=O) groups excluding carboxylic acids is 1. The van der Waals surface area contributed by atoms with Crippen molar-refractivity contribution in [2.45, 2.75) is 20.3 Å². The van der Waals surface area contributed by atoms with Crippen LogP contribution in [0.2, 0.25) is 0 Å².